The van der Waals surface area contributed by atoms with Gasteiger partial charge < -0.3 is 14.5 Å². The number of hydrogen-bond donors (Lipinski definition) is 1. The Kier molecular flexibility index (Phi) is 4.65. The summed E-state index contributed by atoms with van der Waals surface area (Å²) in [6.07, 6.45) is 0.501. The highest BCUT2D eigenvalue weighted by Gasteiger charge is 2.27. The van der Waals surface area contributed by atoms with Crippen LogP contribution in [0.15, 0.2) is 23.0 Å². The Morgan fingerprint density at radius 3 is 3.07 bits per heavy atom. The van der Waals surface area contributed by atoms with Crippen molar-refractivity contribution in [3.8, 4) is 5.75 Å². The molecule has 0 saturated carbocycles. The Hall–Kier alpha value is -2.38. The smallest absolute Gasteiger partial charge is 0.313 e. The van der Waals surface area contributed by atoms with Crippen LogP contribution in [-0.2, 0) is 22.6 Å². The molecule has 0 amide bonds. The van der Waals surface area contributed by atoms with E-state index in [0.717, 1.165) is 21.8 Å². The highest BCUT2D eigenvalue weighted by atomic mass is 35.5. The minimum absolute atomic E-state index is 0.0844. The third-order valence-electron chi connectivity index (χ3n) is 4.70. The summed E-state index contributed by atoms with van der Waals surface area (Å²) in [6, 6.07) is 5.35. The number of aryl methyl sites for hydroxylation is 2. The highest BCUT2D eigenvalue weighted by molar-refractivity contribution is 7.18. The summed E-state index contributed by atoms with van der Waals surface area (Å²) in [6.45, 7) is 4.02. The quantitative estimate of drug-likeness (QED) is 0.675. The molecule has 8 heteroatoms. The summed E-state index contributed by atoms with van der Waals surface area (Å²) < 4.78 is 11.0. The van der Waals surface area contributed by atoms with Gasteiger partial charge >= 0.3 is 5.97 Å². The molecule has 1 aliphatic heterocycles. The molecule has 0 unspecified atom stereocenters. The summed E-state index contributed by atoms with van der Waals surface area (Å²) >= 11 is 7.47. The van der Waals surface area contributed by atoms with E-state index in [9.17, 15) is 9.59 Å². The predicted octanol–water partition coefficient (Wildman–Crippen LogP) is 3.55. The second-order valence-electron chi connectivity index (χ2n) is 6.55. The zero-order chi connectivity index (χ0) is 19.1. The number of halogens is 1. The summed E-state index contributed by atoms with van der Waals surface area (Å²) in [5.74, 6) is 0.269. The van der Waals surface area contributed by atoms with Crippen LogP contribution in [0.1, 0.15) is 21.8 Å². The largest absolute Gasteiger partial charge is 0.492 e. The van der Waals surface area contributed by atoms with E-state index < -0.39 is 5.92 Å². The first-order valence-electron chi connectivity index (χ1n) is 8.49. The maximum Gasteiger partial charge on any atom is 0.313 e. The third-order valence-corrected chi connectivity index (χ3v) is 6.04. The molecule has 1 N–H and O–H groups in total. The van der Waals surface area contributed by atoms with Crippen molar-refractivity contribution in [3.63, 3.8) is 0 Å². The van der Waals surface area contributed by atoms with Crippen LogP contribution in [0.3, 0.4) is 0 Å². The Balaban J connectivity index is 1.47. The van der Waals surface area contributed by atoms with Gasteiger partial charge in [-0.25, -0.2) is 4.98 Å². The number of benzene rings is 1. The van der Waals surface area contributed by atoms with Crippen LogP contribution < -0.4 is 10.3 Å². The number of hydrogen-bond acceptors (Lipinski definition) is 6. The number of carbonyl (C=O) groups is 1. The van der Waals surface area contributed by atoms with Crippen LogP contribution in [0, 0.1) is 19.8 Å². The fraction of sp³-hybridized carbons (Fsp3) is 0.316. The standard InChI is InChI=1S/C19H17ClN2O4S/c1-9-10(2)27-18-16(9)17(23)21-15(22-18)8-26-19(24)12-5-11-6-13(20)3-4-14(11)25-7-12/h3-4,6,12H,5,7-8H2,1-2H3,(H,21,22,23)/t12-/m1/s1. The molecule has 1 atom stereocenters. The fourth-order valence-electron chi connectivity index (χ4n) is 3.14. The highest BCUT2D eigenvalue weighted by Crippen LogP contribution is 2.30. The Bertz CT molecular complexity index is 1110. The van der Waals surface area contributed by atoms with Gasteiger partial charge in [-0.3, -0.25) is 9.59 Å². The lowest BCUT2D eigenvalue weighted by Crippen LogP contribution is -2.30. The number of esters is 1. The number of nitrogens with one attached hydrogen (secondary N) is 1. The van der Waals surface area contributed by atoms with Crippen molar-refractivity contribution in [3.05, 3.63) is 55.4 Å². The van der Waals surface area contributed by atoms with E-state index in [0.29, 0.717) is 27.5 Å². The number of carbonyl (C=O) groups excluding carboxylic acids is 1. The number of H-pyrrole nitrogens is 1. The van der Waals surface area contributed by atoms with Crippen LogP contribution in [0.4, 0.5) is 0 Å². The van der Waals surface area contributed by atoms with Gasteiger partial charge in [0.2, 0.25) is 0 Å². The number of ether oxygens (including phenoxy) is 2. The molecule has 2 aromatic heterocycles. The molecule has 0 spiro atoms. The van der Waals surface area contributed by atoms with E-state index >= 15 is 0 Å². The Morgan fingerprint density at radius 1 is 1.44 bits per heavy atom. The predicted molar refractivity (Wildman–Crippen MR) is 104 cm³/mol. The van der Waals surface area contributed by atoms with Gasteiger partial charge in [0.1, 0.15) is 29.6 Å². The van der Waals surface area contributed by atoms with Crippen LogP contribution >= 0.6 is 22.9 Å². The zero-order valence-corrected chi connectivity index (χ0v) is 16.4. The van der Waals surface area contributed by atoms with Gasteiger partial charge in [0, 0.05) is 9.90 Å². The summed E-state index contributed by atoms with van der Waals surface area (Å²) in [5.41, 5.74) is 1.61. The first-order valence-corrected chi connectivity index (χ1v) is 9.68. The van der Waals surface area contributed by atoms with Crippen LogP contribution in [-0.4, -0.2) is 22.5 Å². The molecule has 3 aromatic rings. The average Bonchev–Trinajstić information content (AvgIpc) is 2.93. The minimum atomic E-state index is -0.419. The van der Waals surface area contributed by atoms with Gasteiger partial charge in [0.25, 0.3) is 5.56 Å². The Morgan fingerprint density at radius 2 is 2.26 bits per heavy atom. The molecule has 3 heterocycles. The lowest BCUT2D eigenvalue weighted by atomic mass is 9.97. The summed E-state index contributed by atoms with van der Waals surface area (Å²) in [5, 5.41) is 1.20. The van der Waals surface area contributed by atoms with Gasteiger partial charge in [-0.15, -0.1) is 11.3 Å². The second kappa shape index (κ2) is 6.98. The molecule has 0 bridgehead atoms. The van der Waals surface area contributed by atoms with Crippen LogP contribution in [0.2, 0.25) is 5.02 Å². The molecular formula is C19H17ClN2O4S. The van der Waals surface area contributed by atoms with E-state index in [2.05, 4.69) is 9.97 Å². The van der Waals surface area contributed by atoms with Gasteiger partial charge in [-0.1, -0.05) is 11.6 Å². The van der Waals surface area contributed by atoms with E-state index in [1.807, 2.05) is 13.8 Å². The van der Waals surface area contributed by atoms with Crippen molar-refractivity contribution in [2.75, 3.05) is 6.61 Å². The number of fused-ring (bicyclic) bond motifs is 2. The molecule has 27 heavy (non-hydrogen) atoms. The third kappa shape index (κ3) is 3.44. The van der Waals surface area contributed by atoms with Gasteiger partial charge in [-0.05, 0) is 49.6 Å². The maximum atomic E-state index is 12.4. The number of thiophene rings is 1. The van der Waals surface area contributed by atoms with Crippen molar-refractivity contribution < 1.29 is 14.3 Å². The molecule has 4 rings (SSSR count). The van der Waals surface area contributed by atoms with Crippen molar-refractivity contribution in [2.45, 2.75) is 26.9 Å². The number of aromatic amines is 1. The molecule has 0 aliphatic carbocycles. The minimum Gasteiger partial charge on any atom is -0.492 e. The van der Waals surface area contributed by atoms with Crippen molar-refractivity contribution >= 4 is 39.1 Å². The Labute approximate surface area is 164 Å². The fourth-order valence-corrected chi connectivity index (χ4v) is 4.38. The lowest BCUT2D eigenvalue weighted by Gasteiger charge is -2.24. The van der Waals surface area contributed by atoms with E-state index in [-0.39, 0.29) is 24.7 Å². The normalized spacial score (nSPS) is 16.0. The van der Waals surface area contributed by atoms with Gasteiger partial charge in [0.15, 0.2) is 0 Å². The summed E-state index contributed by atoms with van der Waals surface area (Å²) in [4.78, 5) is 33.5. The topological polar surface area (TPSA) is 81.3 Å². The van der Waals surface area contributed by atoms with Gasteiger partial charge in [-0.2, -0.15) is 0 Å². The number of aromatic nitrogens is 2. The summed E-state index contributed by atoms with van der Waals surface area (Å²) in [7, 11) is 0. The SMILES string of the molecule is Cc1sc2nc(COC(=O)[C@H]3COc4ccc(Cl)cc4C3)[nH]c(=O)c2c1C. The molecule has 1 aromatic carbocycles. The first-order chi connectivity index (χ1) is 12.9. The van der Waals surface area contributed by atoms with E-state index in [4.69, 9.17) is 21.1 Å². The molecule has 0 saturated heterocycles. The van der Waals surface area contributed by atoms with Gasteiger partial charge in [0.05, 0.1) is 11.3 Å². The van der Waals surface area contributed by atoms with Crippen molar-refractivity contribution in [2.24, 2.45) is 5.92 Å². The van der Waals surface area contributed by atoms with Crippen LogP contribution in [0.5, 0.6) is 5.75 Å². The van der Waals surface area contributed by atoms with Crippen LogP contribution in [0.25, 0.3) is 10.2 Å². The average molecular weight is 405 g/mol. The molecule has 0 fully saturated rings. The van der Waals surface area contributed by atoms with Crippen molar-refractivity contribution in [1.82, 2.24) is 9.97 Å². The first kappa shape index (κ1) is 18.0. The maximum absolute atomic E-state index is 12.4. The number of nitrogens with zero attached hydrogens (tertiary/aromatic N) is 1. The van der Waals surface area contributed by atoms with E-state index in [1.165, 1.54) is 11.3 Å². The molecule has 140 valence electrons. The monoisotopic (exact) mass is 404 g/mol. The molecular weight excluding hydrogens is 388 g/mol. The molecule has 1 aliphatic rings. The molecule has 0 radical (unpaired) electrons. The van der Waals surface area contributed by atoms with Crippen molar-refractivity contribution in [1.29, 1.82) is 0 Å². The zero-order valence-electron chi connectivity index (χ0n) is 14.8. The van der Waals surface area contributed by atoms with E-state index in [1.54, 1.807) is 18.2 Å². The number of rotatable bonds is 3. The molecule has 6 nitrogen and oxygen atoms in total. The lowest BCUT2D eigenvalue weighted by molar-refractivity contribution is -0.151. The second-order valence-corrected chi connectivity index (χ2v) is 8.19.